The molecule has 4 nitrogen and oxygen atoms in total. The average molecular weight is 242 g/mol. The molecule has 0 aliphatic heterocycles. The third kappa shape index (κ3) is 3.17. The predicted molar refractivity (Wildman–Crippen MR) is 64.7 cm³/mol. The summed E-state index contributed by atoms with van der Waals surface area (Å²) in [6.07, 6.45) is 5.25. The van der Waals surface area contributed by atoms with E-state index in [4.69, 9.17) is 0 Å². The van der Waals surface area contributed by atoms with Crippen LogP contribution >= 0.6 is 11.3 Å². The maximum atomic E-state index is 10.9. The minimum Gasteiger partial charge on any atom is -0.389 e. The van der Waals surface area contributed by atoms with Crippen LogP contribution in [-0.2, 0) is 6.54 Å². The van der Waals surface area contributed by atoms with Gasteiger partial charge in [-0.25, -0.2) is 0 Å². The number of aromatic nitrogens is 1. The normalized spacial score (nSPS) is 19.8. The van der Waals surface area contributed by atoms with Crippen molar-refractivity contribution >= 4 is 11.3 Å². The maximum Gasteiger partial charge on any atom is 0.304 e. The van der Waals surface area contributed by atoms with Crippen molar-refractivity contribution in [3.8, 4) is 0 Å². The van der Waals surface area contributed by atoms with Crippen molar-refractivity contribution in [2.75, 3.05) is 6.54 Å². The molecular weight excluding hydrogens is 224 g/mol. The highest BCUT2D eigenvalue weighted by Crippen LogP contribution is 2.27. The third-order valence-corrected chi connectivity index (χ3v) is 3.84. The molecule has 0 aromatic carbocycles. The quantitative estimate of drug-likeness (QED) is 0.744. The summed E-state index contributed by atoms with van der Waals surface area (Å²) < 4.78 is 0. The molecule has 16 heavy (non-hydrogen) atoms. The van der Waals surface area contributed by atoms with Crippen LogP contribution in [0.25, 0.3) is 0 Å². The SMILES string of the molecule is O=c1[nH]c(CNCC2(O)CCCCC2)cs1. The zero-order chi connectivity index (χ0) is 11.4. The zero-order valence-corrected chi connectivity index (χ0v) is 10.1. The first-order valence-electron chi connectivity index (χ1n) is 5.78. The largest absolute Gasteiger partial charge is 0.389 e. The maximum absolute atomic E-state index is 10.9. The van der Waals surface area contributed by atoms with Gasteiger partial charge in [-0.05, 0) is 12.8 Å². The molecule has 1 aliphatic rings. The molecule has 1 aromatic heterocycles. The van der Waals surface area contributed by atoms with Gasteiger partial charge in [0, 0.05) is 24.2 Å². The molecule has 1 aliphatic carbocycles. The Balaban J connectivity index is 1.76. The standard InChI is InChI=1S/C11H18N2O2S/c14-10-13-9(7-16-10)6-12-8-11(15)4-2-1-3-5-11/h7,12,15H,1-6,8H2,(H,13,14). The highest BCUT2D eigenvalue weighted by molar-refractivity contribution is 7.07. The second-order valence-corrected chi connectivity index (χ2v) is 5.40. The Bertz CT molecular complexity index is 379. The van der Waals surface area contributed by atoms with E-state index in [0.29, 0.717) is 13.1 Å². The molecule has 5 heteroatoms. The zero-order valence-electron chi connectivity index (χ0n) is 9.29. The first-order valence-corrected chi connectivity index (χ1v) is 6.66. The van der Waals surface area contributed by atoms with Crippen molar-refractivity contribution in [3.05, 3.63) is 20.7 Å². The topological polar surface area (TPSA) is 65.1 Å². The van der Waals surface area contributed by atoms with Gasteiger partial charge in [-0.15, -0.1) is 0 Å². The van der Waals surface area contributed by atoms with Crippen molar-refractivity contribution in [2.45, 2.75) is 44.2 Å². The average Bonchev–Trinajstić information content (AvgIpc) is 2.65. The fourth-order valence-electron chi connectivity index (χ4n) is 2.22. The highest BCUT2D eigenvalue weighted by Gasteiger charge is 2.28. The number of rotatable bonds is 4. The molecule has 3 N–H and O–H groups in total. The van der Waals surface area contributed by atoms with Crippen molar-refractivity contribution in [1.82, 2.24) is 10.3 Å². The molecule has 0 saturated heterocycles. The third-order valence-electron chi connectivity index (χ3n) is 3.12. The fraction of sp³-hybridized carbons (Fsp3) is 0.727. The molecule has 1 fully saturated rings. The smallest absolute Gasteiger partial charge is 0.304 e. The number of thiazole rings is 1. The van der Waals surface area contributed by atoms with Crippen LogP contribution in [-0.4, -0.2) is 22.2 Å². The Kier molecular flexibility index (Phi) is 3.78. The molecule has 0 unspecified atom stereocenters. The van der Waals surface area contributed by atoms with E-state index in [0.717, 1.165) is 31.4 Å². The number of hydrogen-bond acceptors (Lipinski definition) is 4. The van der Waals surface area contributed by atoms with Gasteiger partial charge < -0.3 is 15.4 Å². The van der Waals surface area contributed by atoms with Gasteiger partial charge in [0.05, 0.1) is 5.60 Å². The number of H-pyrrole nitrogens is 1. The molecule has 0 spiro atoms. The van der Waals surface area contributed by atoms with Gasteiger partial charge in [-0.2, -0.15) is 0 Å². The van der Waals surface area contributed by atoms with Crippen molar-refractivity contribution in [2.24, 2.45) is 0 Å². The van der Waals surface area contributed by atoms with E-state index >= 15 is 0 Å². The van der Waals surface area contributed by atoms with Crippen LogP contribution in [0.3, 0.4) is 0 Å². The number of aliphatic hydroxyl groups is 1. The molecule has 0 bridgehead atoms. The number of nitrogens with one attached hydrogen (secondary N) is 2. The Morgan fingerprint density at radius 2 is 2.19 bits per heavy atom. The van der Waals surface area contributed by atoms with Crippen LogP contribution in [0.4, 0.5) is 0 Å². The van der Waals surface area contributed by atoms with E-state index in [1.165, 1.54) is 17.8 Å². The van der Waals surface area contributed by atoms with Crippen molar-refractivity contribution in [1.29, 1.82) is 0 Å². The summed E-state index contributed by atoms with van der Waals surface area (Å²) in [6.45, 7) is 1.24. The van der Waals surface area contributed by atoms with Crippen molar-refractivity contribution < 1.29 is 5.11 Å². The molecule has 2 rings (SSSR count). The molecule has 1 saturated carbocycles. The Morgan fingerprint density at radius 3 is 2.81 bits per heavy atom. The van der Waals surface area contributed by atoms with Crippen LogP contribution in [0.5, 0.6) is 0 Å². The van der Waals surface area contributed by atoms with E-state index < -0.39 is 5.60 Å². The van der Waals surface area contributed by atoms with Gasteiger partial charge in [0.1, 0.15) is 0 Å². The van der Waals surface area contributed by atoms with E-state index in [1.807, 2.05) is 5.38 Å². The second kappa shape index (κ2) is 5.12. The lowest BCUT2D eigenvalue weighted by Gasteiger charge is -2.32. The summed E-state index contributed by atoms with van der Waals surface area (Å²) in [7, 11) is 0. The van der Waals surface area contributed by atoms with Crippen LogP contribution < -0.4 is 10.2 Å². The molecular formula is C11H18N2O2S. The molecule has 0 atom stereocenters. The van der Waals surface area contributed by atoms with Crippen LogP contribution in [0, 0.1) is 0 Å². The predicted octanol–water partition coefficient (Wildman–Crippen LogP) is 1.22. The molecule has 0 amide bonds. The first-order chi connectivity index (χ1) is 7.68. The van der Waals surface area contributed by atoms with E-state index in [2.05, 4.69) is 10.3 Å². The Hall–Kier alpha value is -0.650. The van der Waals surface area contributed by atoms with Gasteiger partial charge in [0.2, 0.25) is 0 Å². The summed E-state index contributed by atoms with van der Waals surface area (Å²) in [5.41, 5.74) is 0.364. The van der Waals surface area contributed by atoms with Crippen LogP contribution in [0.15, 0.2) is 10.2 Å². The molecule has 90 valence electrons. The fourth-order valence-corrected chi connectivity index (χ4v) is 2.80. The van der Waals surface area contributed by atoms with E-state index in [9.17, 15) is 9.90 Å². The monoisotopic (exact) mass is 242 g/mol. The second-order valence-electron chi connectivity index (χ2n) is 4.56. The lowest BCUT2D eigenvalue weighted by atomic mass is 9.85. The highest BCUT2D eigenvalue weighted by atomic mass is 32.1. The molecule has 1 aromatic rings. The van der Waals surface area contributed by atoms with Crippen LogP contribution in [0.2, 0.25) is 0 Å². The number of hydrogen-bond donors (Lipinski definition) is 3. The van der Waals surface area contributed by atoms with Gasteiger partial charge in [-0.1, -0.05) is 30.6 Å². The van der Waals surface area contributed by atoms with Gasteiger partial charge in [-0.3, -0.25) is 4.79 Å². The summed E-state index contributed by atoms with van der Waals surface area (Å²) in [6, 6.07) is 0. The molecule has 0 radical (unpaired) electrons. The summed E-state index contributed by atoms with van der Waals surface area (Å²) in [4.78, 5) is 13.6. The van der Waals surface area contributed by atoms with Gasteiger partial charge >= 0.3 is 4.87 Å². The summed E-state index contributed by atoms with van der Waals surface area (Å²) in [5, 5.41) is 15.3. The lowest BCUT2D eigenvalue weighted by molar-refractivity contribution is 0.00463. The van der Waals surface area contributed by atoms with Gasteiger partial charge in [0.15, 0.2) is 0 Å². The van der Waals surface area contributed by atoms with Crippen LogP contribution in [0.1, 0.15) is 37.8 Å². The van der Waals surface area contributed by atoms with E-state index in [1.54, 1.807) is 0 Å². The minimum atomic E-state index is -0.533. The minimum absolute atomic E-state index is 0.0202. The lowest BCUT2D eigenvalue weighted by Crippen LogP contribution is -2.41. The Labute approximate surface area is 98.7 Å². The first kappa shape index (κ1) is 11.8. The Morgan fingerprint density at radius 1 is 1.44 bits per heavy atom. The van der Waals surface area contributed by atoms with E-state index in [-0.39, 0.29) is 4.87 Å². The summed E-state index contributed by atoms with van der Waals surface area (Å²) in [5.74, 6) is 0. The number of aromatic amines is 1. The van der Waals surface area contributed by atoms with Gasteiger partial charge in [0.25, 0.3) is 0 Å². The summed E-state index contributed by atoms with van der Waals surface area (Å²) >= 11 is 1.18. The van der Waals surface area contributed by atoms with Crippen molar-refractivity contribution in [3.63, 3.8) is 0 Å². The molecule has 1 heterocycles.